The van der Waals surface area contributed by atoms with Crippen molar-refractivity contribution in [2.75, 3.05) is 6.54 Å². The van der Waals surface area contributed by atoms with Gasteiger partial charge in [0.15, 0.2) is 0 Å². The van der Waals surface area contributed by atoms with Gasteiger partial charge in [-0.25, -0.2) is 8.42 Å². The monoisotopic (exact) mass is 301 g/mol. The summed E-state index contributed by atoms with van der Waals surface area (Å²) in [6, 6.07) is 19.0. The smallest absolute Gasteiger partial charge is 0.207 e. The summed E-state index contributed by atoms with van der Waals surface area (Å²) in [6.45, 7) is 2.67. The number of benzene rings is 2. The molecule has 21 heavy (non-hydrogen) atoms. The number of rotatable bonds is 6. The van der Waals surface area contributed by atoms with Crippen molar-refractivity contribution in [2.45, 2.75) is 13.5 Å². The van der Waals surface area contributed by atoms with Crippen LogP contribution in [0.1, 0.15) is 18.1 Å². The van der Waals surface area contributed by atoms with Gasteiger partial charge in [-0.05, 0) is 17.2 Å². The second-order valence-corrected chi connectivity index (χ2v) is 6.49. The molecule has 4 heteroatoms. The maximum Gasteiger partial charge on any atom is 0.236 e. The third-order valence-electron chi connectivity index (χ3n) is 3.15. The highest BCUT2D eigenvalue weighted by Gasteiger charge is 2.17. The van der Waals surface area contributed by atoms with Gasteiger partial charge in [0.2, 0.25) is 10.0 Å². The average Bonchev–Trinajstić information content (AvgIpc) is 2.52. The molecule has 0 unspecified atom stereocenters. The van der Waals surface area contributed by atoms with Crippen LogP contribution in [-0.2, 0) is 16.6 Å². The van der Waals surface area contributed by atoms with Gasteiger partial charge in [0, 0.05) is 18.5 Å². The lowest BCUT2D eigenvalue weighted by molar-refractivity contribution is 0.430. The fourth-order valence-corrected chi connectivity index (χ4v) is 3.17. The predicted octanol–water partition coefficient (Wildman–Crippen LogP) is 3.51. The van der Waals surface area contributed by atoms with Gasteiger partial charge in [-0.15, -0.1) is 0 Å². The minimum atomic E-state index is -3.42. The molecule has 0 radical (unpaired) electrons. The van der Waals surface area contributed by atoms with Crippen molar-refractivity contribution in [3.63, 3.8) is 0 Å². The molecular formula is C17H19NO2S. The van der Waals surface area contributed by atoms with Crippen LogP contribution in [0, 0.1) is 0 Å². The highest BCUT2D eigenvalue weighted by atomic mass is 32.2. The Kier molecular flexibility index (Phi) is 5.31. The van der Waals surface area contributed by atoms with Crippen LogP contribution in [-0.4, -0.2) is 19.3 Å². The first-order valence-corrected chi connectivity index (χ1v) is 8.39. The molecule has 2 aromatic rings. The van der Waals surface area contributed by atoms with Gasteiger partial charge in [0.25, 0.3) is 0 Å². The van der Waals surface area contributed by atoms with Crippen molar-refractivity contribution in [3.8, 4) is 0 Å². The zero-order valence-corrected chi connectivity index (χ0v) is 12.8. The number of nitrogens with zero attached hydrogens (tertiary/aromatic N) is 1. The molecule has 0 N–H and O–H groups in total. The largest absolute Gasteiger partial charge is 0.236 e. The Labute approximate surface area is 126 Å². The zero-order chi connectivity index (χ0) is 15.1. The van der Waals surface area contributed by atoms with Gasteiger partial charge in [0.05, 0.1) is 0 Å². The topological polar surface area (TPSA) is 37.4 Å². The van der Waals surface area contributed by atoms with E-state index in [1.807, 2.05) is 67.6 Å². The highest BCUT2D eigenvalue weighted by Crippen LogP contribution is 2.12. The van der Waals surface area contributed by atoms with E-state index >= 15 is 0 Å². The van der Waals surface area contributed by atoms with Crippen molar-refractivity contribution >= 4 is 16.1 Å². The van der Waals surface area contributed by atoms with Crippen LogP contribution in [0.15, 0.2) is 66.1 Å². The van der Waals surface area contributed by atoms with Crippen LogP contribution in [0.5, 0.6) is 0 Å². The van der Waals surface area contributed by atoms with E-state index in [1.54, 1.807) is 6.08 Å². The summed E-state index contributed by atoms with van der Waals surface area (Å²) in [5.74, 6) is 0. The Balaban J connectivity index is 2.14. The molecule has 0 atom stereocenters. The predicted molar refractivity (Wildman–Crippen MR) is 86.9 cm³/mol. The molecule has 0 spiro atoms. The summed E-state index contributed by atoms with van der Waals surface area (Å²) in [7, 11) is -3.42. The Hall–Kier alpha value is -1.91. The van der Waals surface area contributed by atoms with Crippen LogP contribution in [0.25, 0.3) is 6.08 Å². The number of hydrogen-bond donors (Lipinski definition) is 0. The van der Waals surface area contributed by atoms with Gasteiger partial charge in [-0.3, -0.25) is 0 Å². The molecule has 2 aromatic carbocycles. The van der Waals surface area contributed by atoms with Crippen molar-refractivity contribution in [3.05, 3.63) is 77.2 Å². The van der Waals surface area contributed by atoms with Gasteiger partial charge in [0.1, 0.15) is 0 Å². The summed E-state index contributed by atoms with van der Waals surface area (Å²) >= 11 is 0. The third-order valence-corrected chi connectivity index (χ3v) is 4.73. The maximum atomic E-state index is 12.4. The average molecular weight is 301 g/mol. The summed E-state index contributed by atoms with van der Waals surface area (Å²) in [6.07, 6.45) is 1.63. The summed E-state index contributed by atoms with van der Waals surface area (Å²) < 4.78 is 26.2. The molecule has 0 heterocycles. The quantitative estimate of drug-likeness (QED) is 0.819. The minimum absolute atomic E-state index is 0.388. The Morgan fingerprint density at radius 1 is 0.952 bits per heavy atom. The molecular weight excluding hydrogens is 282 g/mol. The molecule has 0 fully saturated rings. The zero-order valence-electron chi connectivity index (χ0n) is 12.0. The molecule has 0 saturated carbocycles. The van der Waals surface area contributed by atoms with E-state index in [-0.39, 0.29) is 0 Å². The van der Waals surface area contributed by atoms with Gasteiger partial charge in [-0.2, -0.15) is 4.31 Å². The fraction of sp³-hybridized carbons (Fsp3) is 0.176. The SMILES string of the molecule is CCN(Cc1ccccc1)S(=O)(=O)/C=C/c1ccccc1. The molecule has 0 amide bonds. The van der Waals surface area contributed by atoms with E-state index in [0.29, 0.717) is 13.1 Å². The summed E-state index contributed by atoms with van der Waals surface area (Å²) in [5.41, 5.74) is 1.85. The highest BCUT2D eigenvalue weighted by molar-refractivity contribution is 7.92. The molecule has 2 rings (SSSR count). The summed E-state index contributed by atoms with van der Waals surface area (Å²) in [5, 5.41) is 1.27. The number of sulfonamides is 1. The minimum Gasteiger partial charge on any atom is -0.207 e. The second kappa shape index (κ2) is 7.20. The second-order valence-electron chi connectivity index (χ2n) is 4.67. The Morgan fingerprint density at radius 2 is 1.52 bits per heavy atom. The summed E-state index contributed by atoms with van der Waals surface area (Å²) in [4.78, 5) is 0. The Bertz CT molecular complexity index is 679. The lowest BCUT2D eigenvalue weighted by Crippen LogP contribution is -2.28. The molecule has 3 nitrogen and oxygen atoms in total. The number of hydrogen-bond acceptors (Lipinski definition) is 2. The van der Waals surface area contributed by atoms with Crippen LogP contribution in [0.2, 0.25) is 0 Å². The van der Waals surface area contributed by atoms with Crippen molar-refractivity contribution < 1.29 is 8.42 Å². The lowest BCUT2D eigenvalue weighted by atomic mass is 10.2. The van der Waals surface area contributed by atoms with Crippen molar-refractivity contribution in [1.29, 1.82) is 0 Å². The van der Waals surface area contributed by atoms with E-state index in [0.717, 1.165) is 11.1 Å². The standard InChI is InChI=1S/C17H19NO2S/c1-2-18(15-17-11-7-4-8-12-17)21(19,20)14-13-16-9-5-3-6-10-16/h3-14H,2,15H2,1H3/b14-13+. The van der Waals surface area contributed by atoms with Gasteiger partial charge >= 0.3 is 0 Å². The molecule has 0 aliphatic heterocycles. The molecule has 0 aromatic heterocycles. The molecule has 0 aliphatic carbocycles. The lowest BCUT2D eigenvalue weighted by Gasteiger charge is -2.18. The molecule has 0 bridgehead atoms. The van der Waals surface area contributed by atoms with Crippen molar-refractivity contribution in [1.82, 2.24) is 4.31 Å². The molecule has 110 valence electrons. The van der Waals surface area contributed by atoms with Crippen molar-refractivity contribution in [2.24, 2.45) is 0 Å². The first-order valence-electron chi connectivity index (χ1n) is 6.89. The van der Waals surface area contributed by atoms with Crippen LogP contribution in [0.4, 0.5) is 0 Å². The van der Waals surface area contributed by atoms with E-state index in [4.69, 9.17) is 0 Å². The Morgan fingerprint density at radius 3 is 2.10 bits per heavy atom. The van der Waals surface area contributed by atoms with Gasteiger partial charge < -0.3 is 0 Å². The van der Waals surface area contributed by atoms with Gasteiger partial charge in [-0.1, -0.05) is 67.6 Å². The fourth-order valence-electron chi connectivity index (χ4n) is 1.98. The van der Waals surface area contributed by atoms with E-state index in [1.165, 1.54) is 9.71 Å². The molecule has 0 saturated heterocycles. The normalized spacial score (nSPS) is 12.1. The van der Waals surface area contributed by atoms with Crippen LogP contribution >= 0.6 is 0 Å². The first-order chi connectivity index (χ1) is 10.1. The van der Waals surface area contributed by atoms with Crippen LogP contribution < -0.4 is 0 Å². The maximum absolute atomic E-state index is 12.4. The molecule has 0 aliphatic rings. The van der Waals surface area contributed by atoms with Crippen LogP contribution in [0.3, 0.4) is 0 Å². The first kappa shape index (κ1) is 15.5. The third kappa shape index (κ3) is 4.55. The van der Waals surface area contributed by atoms with E-state index in [2.05, 4.69) is 0 Å². The van der Waals surface area contributed by atoms with E-state index < -0.39 is 10.0 Å². The van der Waals surface area contributed by atoms with E-state index in [9.17, 15) is 8.42 Å².